The van der Waals surface area contributed by atoms with Gasteiger partial charge in [0.15, 0.2) is 0 Å². The number of carbonyl (C=O) groups excluding carboxylic acids is 1. The number of anilines is 1. The van der Waals surface area contributed by atoms with E-state index in [4.69, 9.17) is 16.3 Å². The van der Waals surface area contributed by atoms with Crippen molar-refractivity contribution in [1.29, 1.82) is 0 Å². The van der Waals surface area contributed by atoms with Crippen LogP contribution in [-0.4, -0.2) is 26.7 Å². The fourth-order valence-electron chi connectivity index (χ4n) is 3.25. The van der Waals surface area contributed by atoms with E-state index in [-0.39, 0.29) is 18.0 Å². The maximum atomic E-state index is 12.9. The largest absolute Gasteiger partial charge is 0.494 e. The Bertz CT molecular complexity index is 1310. The molecular formula is C23H21ClN4O3. The normalized spacial score (nSPS) is 10.9. The van der Waals surface area contributed by atoms with E-state index in [1.54, 1.807) is 30.6 Å². The van der Waals surface area contributed by atoms with Crippen LogP contribution in [0.3, 0.4) is 0 Å². The molecule has 0 aliphatic heterocycles. The van der Waals surface area contributed by atoms with Gasteiger partial charge in [0.1, 0.15) is 17.8 Å². The Kier molecular flexibility index (Phi) is 5.77. The van der Waals surface area contributed by atoms with Crippen molar-refractivity contribution in [2.75, 3.05) is 11.9 Å². The Hall–Kier alpha value is -3.58. The Labute approximate surface area is 183 Å². The summed E-state index contributed by atoms with van der Waals surface area (Å²) in [6.45, 7) is 4.30. The zero-order chi connectivity index (χ0) is 22.0. The second-order valence-electron chi connectivity index (χ2n) is 7.08. The summed E-state index contributed by atoms with van der Waals surface area (Å²) in [6.07, 6.45) is 3.20. The number of aryl methyl sites for hydroxylation is 1. The summed E-state index contributed by atoms with van der Waals surface area (Å²) in [5.41, 5.74) is 3.10. The molecular weight excluding hydrogens is 416 g/mol. The SMILES string of the molecule is CCOc1ccc(-c2cc3c(=O)n(CC(=O)Nc4ccc(C)cc4Cl)ccn3n2)cc1. The first-order chi connectivity index (χ1) is 14.9. The van der Waals surface area contributed by atoms with Gasteiger partial charge < -0.3 is 14.6 Å². The first-order valence-corrected chi connectivity index (χ1v) is 10.2. The van der Waals surface area contributed by atoms with Crippen molar-refractivity contribution in [3.05, 3.63) is 81.9 Å². The molecule has 0 spiro atoms. The third-order valence-electron chi connectivity index (χ3n) is 4.78. The number of nitrogens with zero attached hydrogens (tertiary/aromatic N) is 3. The third kappa shape index (κ3) is 4.46. The number of halogens is 1. The standard InChI is InChI=1S/C23H21ClN4O3/c1-3-31-17-7-5-16(6-8-17)20-13-21-23(30)27(10-11-28(21)26-20)14-22(29)25-19-9-4-15(2)12-18(19)24/h4-13H,3,14H2,1-2H3,(H,25,29). The molecule has 4 aromatic rings. The van der Waals surface area contributed by atoms with Gasteiger partial charge in [-0.05, 0) is 61.9 Å². The van der Waals surface area contributed by atoms with E-state index in [0.717, 1.165) is 16.9 Å². The molecule has 8 heteroatoms. The average molecular weight is 437 g/mol. The van der Waals surface area contributed by atoms with Gasteiger partial charge in [0, 0.05) is 18.0 Å². The minimum Gasteiger partial charge on any atom is -0.494 e. The molecule has 0 radical (unpaired) electrons. The molecule has 158 valence electrons. The highest BCUT2D eigenvalue weighted by molar-refractivity contribution is 6.33. The average Bonchev–Trinajstić information content (AvgIpc) is 3.18. The summed E-state index contributed by atoms with van der Waals surface area (Å²) >= 11 is 6.17. The molecule has 2 heterocycles. The molecule has 0 saturated heterocycles. The van der Waals surface area contributed by atoms with Crippen molar-refractivity contribution < 1.29 is 9.53 Å². The van der Waals surface area contributed by atoms with Gasteiger partial charge in [0.2, 0.25) is 5.91 Å². The number of fused-ring (bicyclic) bond motifs is 1. The lowest BCUT2D eigenvalue weighted by atomic mass is 10.1. The summed E-state index contributed by atoms with van der Waals surface area (Å²) in [4.78, 5) is 25.3. The summed E-state index contributed by atoms with van der Waals surface area (Å²) in [5, 5.41) is 7.67. The summed E-state index contributed by atoms with van der Waals surface area (Å²) < 4.78 is 8.32. The van der Waals surface area contributed by atoms with E-state index in [1.165, 1.54) is 9.08 Å². The molecule has 0 aliphatic rings. The second kappa shape index (κ2) is 8.65. The van der Waals surface area contributed by atoms with Crippen LogP contribution in [-0.2, 0) is 11.3 Å². The second-order valence-corrected chi connectivity index (χ2v) is 7.49. The molecule has 0 atom stereocenters. The number of rotatable bonds is 6. The quantitative estimate of drug-likeness (QED) is 0.492. The van der Waals surface area contributed by atoms with Gasteiger partial charge in [-0.15, -0.1) is 0 Å². The van der Waals surface area contributed by atoms with E-state index in [9.17, 15) is 9.59 Å². The molecule has 7 nitrogen and oxygen atoms in total. The predicted octanol–water partition coefficient (Wildman–Crippen LogP) is 4.16. The topological polar surface area (TPSA) is 77.6 Å². The highest BCUT2D eigenvalue weighted by Crippen LogP contribution is 2.23. The van der Waals surface area contributed by atoms with E-state index >= 15 is 0 Å². The Balaban J connectivity index is 1.56. The number of amides is 1. The molecule has 2 aromatic heterocycles. The van der Waals surface area contributed by atoms with Crippen LogP contribution in [0.5, 0.6) is 5.75 Å². The molecule has 31 heavy (non-hydrogen) atoms. The van der Waals surface area contributed by atoms with Crippen molar-refractivity contribution in [2.45, 2.75) is 20.4 Å². The Morgan fingerprint density at radius 1 is 1.13 bits per heavy atom. The predicted molar refractivity (Wildman–Crippen MR) is 121 cm³/mol. The van der Waals surface area contributed by atoms with Gasteiger partial charge >= 0.3 is 0 Å². The molecule has 4 rings (SSSR count). The fourth-order valence-corrected chi connectivity index (χ4v) is 3.53. The minimum absolute atomic E-state index is 0.136. The van der Waals surface area contributed by atoms with Crippen molar-refractivity contribution in [1.82, 2.24) is 14.2 Å². The number of hydrogen-bond acceptors (Lipinski definition) is 4. The molecule has 2 aromatic carbocycles. The van der Waals surface area contributed by atoms with Crippen LogP contribution in [0, 0.1) is 6.92 Å². The number of nitrogens with one attached hydrogen (secondary N) is 1. The molecule has 0 fully saturated rings. The zero-order valence-corrected chi connectivity index (χ0v) is 17.9. The van der Waals surface area contributed by atoms with E-state index in [1.807, 2.05) is 44.2 Å². The molecule has 1 amide bonds. The molecule has 1 N–H and O–H groups in total. The van der Waals surface area contributed by atoms with Crippen LogP contribution in [0.15, 0.2) is 65.7 Å². The van der Waals surface area contributed by atoms with E-state index < -0.39 is 0 Å². The van der Waals surface area contributed by atoms with Crippen molar-refractivity contribution in [3.63, 3.8) is 0 Å². The first kappa shape index (κ1) is 20.7. The van der Waals surface area contributed by atoms with E-state index in [2.05, 4.69) is 10.4 Å². The lowest BCUT2D eigenvalue weighted by molar-refractivity contribution is -0.116. The lowest BCUT2D eigenvalue weighted by Crippen LogP contribution is -2.28. The fraction of sp³-hybridized carbons (Fsp3) is 0.174. The number of carbonyl (C=O) groups is 1. The van der Waals surface area contributed by atoms with Crippen molar-refractivity contribution in [3.8, 4) is 17.0 Å². The molecule has 0 aliphatic carbocycles. The van der Waals surface area contributed by atoms with Gasteiger partial charge in [0.25, 0.3) is 5.56 Å². The Morgan fingerprint density at radius 3 is 2.61 bits per heavy atom. The van der Waals surface area contributed by atoms with Crippen LogP contribution in [0.4, 0.5) is 5.69 Å². The molecule has 0 saturated carbocycles. The highest BCUT2D eigenvalue weighted by atomic mass is 35.5. The first-order valence-electron chi connectivity index (χ1n) is 9.82. The van der Waals surface area contributed by atoms with Crippen molar-refractivity contribution >= 4 is 28.7 Å². The maximum absolute atomic E-state index is 12.9. The molecule has 0 unspecified atom stereocenters. The van der Waals surface area contributed by atoms with Crippen LogP contribution in [0.1, 0.15) is 12.5 Å². The number of benzene rings is 2. The highest BCUT2D eigenvalue weighted by Gasteiger charge is 2.12. The third-order valence-corrected chi connectivity index (χ3v) is 5.09. The van der Waals surface area contributed by atoms with Crippen LogP contribution >= 0.6 is 11.6 Å². The van der Waals surface area contributed by atoms with Crippen LogP contribution in [0.25, 0.3) is 16.8 Å². The number of hydrogen-bond donors (Lipinski definition) is 1. The maximum Gasteiger partial charge on any atom is 0.277 e. The van der Waals surface area contributed by atoms with Gasteiger partial charge in [-0.1, -0.05) is 17.7 Å². The van der Waals surface area contributed by atoms with E-state index in [0.29, 0.717) is 28.5 Å². The number of aromatic nitrogens is 3. The minimum atomic E-state index is -0.344. The lowest BCUT2D eigenvalue weighted by Gasteiger charge is -2.09. The van der Waals surface area contributed by atoms with Gasteiger partial charge in [-0.25, -0.2) is 4.52 Å². The van der Waals surface area contributed by atoms with Gasteiger partial charge in [0.05, 0.1) is 23.0 Å². The zero-order valence-electron chi connectivity index (χ0n) is 17.1. The smallest absolute Gasteiger partial charge is 0.277 e. The van der Waals surface area contributed by atoms with Gasteiger partial charge in [-0.3, -0.25) is 9.59 Å². The molecule has 0 bridgehead atoms. The number of ether oxygens (including phenoxy) is 1. The summed E-state index contributed by atoms with van der Waals surface area (Å²) in [6, 6.07) is 14.6. The van der Waals surface area contributed by atoms with Crippen LogP contribution < -0.4 is 15.6 Å². The summed E-state index contributed by atoms with van der Waals surface area (Å²) in [7, 11) is 0. The van der Waals surface area contributed by atoms with Crippen LogP contribution in [0.2, 0.25) is 5.02 Å². The Morgan fingerprint density at radius 2 is 1.90 bits per heavy atom. The van der Waals surface area contributed by atoms with Gasteiger partial charge in [-0.2, -0.15) is 5.10 Å². The monoisotopic (exact) mass is 436 g/mol. The summed E-state index contributed by atoms with van der Waals surface area (Å²) in [5.74, 6) is 0.431. The van der Waals surface area contributed by atoms with Crippen molar-refractivity contribution in [2.24, 2.45) is 0 Å².